The highest BCUT2D eigenvalue weighted by Crippen LogP contribution is 2.33. The van der Waals surface area contributed by atoms with Crippen LogP contribution in [0.4, 0.5) is 8.78 Å². The van der Waals surface area contributed by atoms with E-state index in [1.807, 2.05) is 19.1 Å². The van der Waals surface area contributed by atoms with Gasteiger partial charge < -0.3 is 4.74 Å². The first-order chi connectivity index (χ1) is 8.17. The maximum Gasteiger partial charge on any atom is 0.201 e. The van der Waals surface area contributed by atoms with E-state index in [0.29, 0.717) is 0 Å². The summed E-state index contributed by atoms with van der Waals surface area (Å²) in [5.41, 5.74) is 0.285. The summed E-state index contributed by atoms with van der Waals surface area (Å²) in [6.07, 6.45) is 0.894. The van der Waals surface area contributed by atoms with Crippen LogP contribution in [0.15, 0.2) is 24.3 Å². The first kappa shape index (κ1) is 12.0. The van der Waals surface area contributed by atoms with E-state index in [9.17, 15) is 8.78 Å². The third-order valence-electron chi connectivity index (χ3n) is 2.54. The molecule has 0 radical (unpaired) electrons. The van der Waals surface area contributed by atoms with Crippen molar-refractivity contribution in [2.75, 3.05) is 7.11 Å². The summed E-state index contributed by atoms with van der Waals surface area (Å²) in [6, 6.07) is 6.73. The molecule has 0 amide bonds. The van der Waals surface area contributed by atoms with Gasteiger partial charge in [-0.25, -0.2) is 4.39 Å². The zero-order valence-electron chi connectivity index (χ0n) is 9.59. The number of rotatable bonds is 3. The fourth-order valence-corrected chi connectivity index (χ4v) is 2.56. The van der Waals surface area contributed by atoms with E-state index < -0.39 is 11.6 Å². The fraction of sp³-hybridized carbons (Fsp3) is 0.231. The molecule has 4 heteroatoms. The highest BCUT2D eigenvalue weighted by Gasteiger charge is 2.16. The molecule has 0 atom stereocenters. The van der Waals surface area contributed by atoms with Crippen LogP contribution in [0, 0.1) is 11.6 Å². The Bertz CT molecular complexity index is 534. The van der Waals surface area contributed by atoms with Crippen LogP contribution in [0.2, 0.25) is 0 Å². The minimum Gasteiger partial charge on any atom is -0.494 e. The van der Waals surface area contributed by atoms with Gasteiger partial charge in [0.05, 0.1) is 7.11 Å². The van der Waals surface area contributed by atoms with E-state index in [1.165, 1.54) is 24.5 Å². The summed E-state index contributed by atoms with van der Waals surface area (Å²) >= 11 is 1.47. The largest absolute Gasteiger partial charge is 0.494 e. The number of hydrogen-bond donors (Lipinski definition) is 0. The van der Waals surface area contributed by atoms with Crippen molar-refractivity contribution in [1.82, 2.24) is 0 Å². The maximum absolute atomic E-state index is 13.8. The predicted octanol–water partition coefficient (Wildman–Crippen LogP) is 4.26. The number of aryl methyl sites for hydroxylation is 1. The molecule has 1 aromatic heterocycles. The Hall–Kier alpha value is -1.42. The molecular weight excluding hydrogens is 242 g/mol. The Balaban J connectivity index is 2.49. The van der Waals surface area contributed by atoms with Crippen molar-refractivity contribution in [3.05, 3.63) is 40.8 Å². The minimum atomic E-state index is -0.934. The maximum atomic E-state index is 13.8. The lowest BCUT2D eigenvalue weighted by molar-refractivity contribution is 0.372. The van der Waals surface area contributed by atoms with Gasteiger partial charge in [-0.1, -0.05) is 6.92 Å². The van der Waals surface area contributed by atoms with Crippen LogP contribution < -0.4 is 4.74 Å². The van der Waals surface area contributed by atoms with Gasteiger partial charge in [0, 0.05) is 15.3 Å². The van der Waals surface area contributed by atoms with Gasteiger partial charge in [0.2, 0.25) is 5.82 Å². The van der Waals surface area contributed by atoms with Gasteiger partial charge in [-0.3, -0.25) is 0 Å². The summed E-state index contributed by atoms with van der Waals surface area (Å²) in [7, 11) is 1.32. The lowest BCUT2D eigenvalue weighted by Gasteiger charge is -2.05. The molecule has 1 heterocycles. The summed E-state index contributed by atoms with van der Waals surface area (Å²) in [5, 5.41) is 0. The van der Waals surface area contributed by atoms with E-state index >= 15 is 0 Å². The molecule has 0 aliphatic carbocycles. The van der Waals surface area contributed by atoms with Gasteiger partial charge in [-0.05, 0) is 30.7 Å². The number of thiophene rings is 1. The second kappa shape index (κ2) is 4.84. The van der Waals surface area contributed by atoms with E-state index in [2.05, 4.69) is 0 Å². The zero-order chi connectivity index (χ0) is 12.4. The van der Waals surface area contributed by atoms with Crippen molar-refractivity contribution in [3.63, 3.8) is 0 Å². The molecule has 2 rings (SSSR count). The SMILES string of the molecule is CCc1ccc(-c2ccc(OC)c(F)c2F)s1. The van der Waals surface area contributed by atoms with Crippen molar-refractivity contribution in [3.8, 4) is 16.2 Å². The second-order valence-electron chi connectivity index (χ2n) is 3.56. The Morgan fingerprint density at radius 1 is 1.12 bits per heavy atom. The molecule has 90 valence electrons. The van der Waals surface area contributed by atoms with Crippen LogP contribution in [-0.2, 0) is 6.42 Å². The Labute approximate surface area is 103 Å². The Morgan fingerprint density at radius 3 is 2.47 bits per heavy atom. The van der Waals surface area contributed by atoms with E-state index in [-0.39, 0.29) is 11.3 Å². The van der Waals surface area contributed by atoms with Crippen LogP contribution in [0.5, 0.6) is 5.75 Å². The molecule has 0 aliphatic heterocycles. The van der Waals surface area contributed by atoms with Gasteiger partial charge in [0.15, 0.2) is 11.6 Å². The lowest BCUT2D eigenvalue weighted by Crippen LogP contribution is -1.93. The lowest BCUT2D eigenvalue weighted by atomic mass is 10.1. The number of ether oxygens (including phenoxy) is 1. The van der Waals surface area contributed by atoms with Crippen molar-refractivity contribution in [2.45, 2.75) is 13.3 Å². The molecule has 1 nitrogen and oxygen atoms in total. The first-order valence-electron chi connectivity index (χ1n) is 5.28. The van der Waals surface area contributed by atoms with Crippen LogP contribution in [-0.4, -0.2) is 7.11 Å². The van der Waals surface area contributed by atoms with Crippen molar-refractivity contribution in [2.24, 2.45) is 0 Å². The third kappa shape index (κ3) is 2.17. The fourth-order valence-electron chi connectivity index (χ4n) is 1.59. The van der Waals surface area contributed by atoms with E-state index in [4.69, 9.17) is 4.74 Å². The summed E-state index contributed by atoms with van der Waals surface area (Å²) in [4.78, 5) is 1.89. The number of methoxy groups -OCH3 is 1. The van der Waals surface area contributed by atoms with Crippen LogP contribution in [0.3, 0.4) is 0 Å². The number of halogens is 2. The quantitative estimate of drug-likeness (QED) is 0.795. The van der Waals surface area contributed by atoms with Crippen molar-refractivity contribution < 1.29 is 13.5 Å². The van der Waals surface area contributed by atoms with Crippen molar-refractivity contribution in [1.29, 1.82) is 0 Å². The molecule has 0 saturated heterocycles. The van der Waals surface area contributed by atoms with Gasteiger partial charge >= 0.3 is 0 Å². The zero-order valence-corrected chi connectivity index (χ0v) is 10.4. The molecule has 2 aromatic rings. The number of benzene rings is 1. The molecule has 0 aliphatic rings. The molecule has 1 aromatic carbocycles. The van der Waals surface area contributed by atoms with Crippen LogP contribution >= 0.6 is 11.3 Å². The minimum absolute atomic E-state index is 0.0708. The molecule has 0 bridgehead atoms. The van der Waals surface area contributed by atoms with E-state index in [1.54, 1.807) is 6.07 Å². The highest BCUT2D eigenvalue weighted by molar-refractivity contribution is 7.15. The standard InChI is InChI=1S/C13H12F2OS/c1-3-8-4-7-11(17-8)9-5-6-10(16-2)13(15)12(9)14/h4-7H,3H2,1-2H3. The Morgan fingerprint density at radius 2 is 1.88 bits per heavy atom. The molecular formula is C13H12F2OS. The molecule has 17 heavy (non-hydrogen) atoms. The smallest absolute Gasteiger partial charge is 0.201 e. The van der Waals surface area contributed by atoms with Gasteiger partial charge in [0.1, 0.15) is 0 Å². The average Bonchev–Trinajstić information content (AvgIpc) is 2.81. The molecule has 0 unspecified atom stereocenters. The normalized spacial score (nSPS) is 10.6. The molecule has 0 saturated carbocycles. The summed E-state index contributed by atoms with van der Waals surface area (Å²) in [6.45, 7) is 2.03. The third-order valence-corrected chi connectivity index (χ3v) is 3.81. The van der Waals surface area contributed by atoms with Gasteiger partial charge in [-0.15, -0.1) is 11.3 Å². The number of hydrogen-bond acceptors (Lipinski definition) is 2. The molecule has 0 spiro atoms. The summed E-state index contributed by atoms with van der Waals surface area (Å²) in [5.74, 6) is -1.86. The topological polar surface area (TPSA) is 9.23 Å². The van der Waals surface area contributed by atoms with Gasteiger partial charge in [-0.2, -0.15) is 4.39 Å². The molecule has 0 N–H and O–H groups in total. The monoisotopic (exact) mass is 254 g/mol. The average molecular weight is 254 g/mol. The predicted molar refractivity (Wildman–Crippen MR) is 65.6 cm³/mol. The van der Waals surface area contributed by atoms with Crippen LogP contribution in [0.25, 0.3) is 10.4 Å². The second-order valence-corrected chi connectivity index (χ2v) is 4.73. The highest BCUT2D eigenvalue weighted by atomic mass is 32.1. The van der Waals surface area contributed by atoms with E-state index in [0.717, 1.165) is 16.2 Å². The van der Waals surface area contributed by atoms with Crippen LogP contribution in [0.1, 0.15) is 11.8 Å². The van der Waals surface area contributed by atoms with Gasteiger partial charge in [0.25, 0.3) is 0 Å². The van der Waals surface area contributed by atoms with Crippen molar-refractivity contribution >= 4 is 11.3 Å². The molecule has 0 fully saturated rings. The first-order valence-corrected chi connectivity index (χ1v) is 6.10. The Kier molecular flexibility index (Phi) is 3.43. The summed E-state index contributed by atoms with van der Waals surface area (Å²) < 4.78 is 32.1.